The van der Waals surface area contributed by atoms with E-state index in [9.17, 15) is 9.59 Å². The van der Waals surface area contributed by atoms with Crippen LogP contribution in [-0.4, -0.2) is 57.1 Å². The number of amides is 2. The first-order valence-corrected chi connectivity index (χ1v) is 12.4. The highest BCUT2D eigenvalue weighted by Gasteiger charge is 2.14. The molecule has 3 heterocycles. The molecule has 5 rings (SSSR count). The van der Waals surface area contributed by atoms with Crippen LogP contribution in [0, 0.1) is 6.92 Å². The first-order valence-electron chi connectivity index (χ1n) is 11.4. The van der Waals surface area contributed by atoms with Gasteiger partial charge in [-0.3, -0.25) is 9.59 Å². The largest absolute Gasteiger partial charge is 0.486 e. The molecule has 2 amide bonds. The third kappa shape index (κ3) is 5.57. The second kappa shape index (κ2) is 10.6. The van der Waals surface area contributed by atoms with Gasteiger partial charge in [-0.25, -0.2) is 0 Å². The van der Waals surface area contributed by atoms with Crippen LogP contribution in [0.5, 0.6) is 11.5 Å². The number of nitrogens with one attached hydrogen (secondary N) is 2. The van der Waals surface area contributed by atoms with Gasteiger partial charge < -0.3 is 20.1 Å². The summed E-state index contributed by atoms with van der Waals surface area (Å²) in [5.74, 6) is 1.78. The Morgan fingerprint density at radius 3 is 2.64 bits per heavy atom. The summed E-state index contributed by atoms with van der Waals surface area (Å²) in [5, 5.41) is 19.3. The molecule has 36 heavy (non-hydrogen) atoms. The summed E-state index contributed by atoms with van der Waals surface area (Å²) in [6.07, 6.45) is 0.463. The lowest BCUT2D eigenvalue weighted by Gasteiger charge is -2.18. The number of anilines is 1. The van der Waals surface area contributed by atoms with Crippen LogP contribution in [0.3, 0.4) is 0 Å². The van der Waals surface area contributed by atoms with E-state index >= 15 is 0 Å². The summed E-state index contributed by atoms with van der Waals surface area (Å²) in [5.41, 5.74) is 2.95. The van der Waals surface area contributed by atoms with Crippen LogP contribution < -0.4 is 20.1 Å². The van der Waals surface area contributed by atoms with Gasteiger partial charge in [0, 0.05) is 30.3 Å². The fourth-order valence-electron chi connectivity index (χ4n) is 3.60. The fourth-order valence-corrected chi connectivity index (χ4v) is 4.26. The van der Waals surface area contributed by atoms with Crippen molar-refractivity contribution in [3.8, 4) is 11.5 Å². The van der Waals surface area contributed by atoms with E-state index in [2.05, 4.69) is 25.9 Å². The number of thioether (sulfide) groups is 1. The quantitative estimate of drug-likeness (QED) is 0.352. The first kappa shape index (κ1) is 23.6. The van der Waals surface area contributed by atoms with E-state index in [1.54, 1.807) is 47.0 Å². The number of hydrogen-bond donors (Lipinski definition) is 2. The van der Waals surface area contributed by atoms with Gasteiger partial charge in [0.05, 0.1) is 5.75 Å². The van der Waals surface area contributed by atoms with Crippen molar-refractivity contribution >= 4 is 34.9 Å². The van der Waals surface area contributed by atoms with Gasteiger partial charge in [-0.05, 0) is 43.3 Å². The van der Waals surface area contributed by atoms with Crippen LogP contribution in [0.15, 0.2) is 59.6 Å². The molecule has 4 aromatic rings. The molecule has 0 aliphatic carbocycles. The number of nitrogens with zero attached hydrogens (tertiary/aromatic N) is 4. The minimum atomic E-state index is -0.165. The molecule has 0 fully saturated rings. The highest BCUT2D eigenvalue weighted by molar-refractivity contribution is 7.99. The van der Waals surface area contributed by atoms with Gasteiger partial charge in [-0.2, -0.15) is 9.61 Å². The summed E-state index contributed by atoms with van der Waals surface area (Å²) in [6, 6.07) is 16.3. The normalized spacial score (nSPS) is 12.4. The maximum Gasteiger partial charge on any atom is 0.251 e. The van der Waals surface area contributed by atoms with E-state index < -0.39 is 0 Å². The average Bonchev–Trinajstić information content (AvgIpc) is 3.30. The van der Waals surface area contributed by atoms with Crippen LogP contribution in [0.1, 0.15) is 21.7 Å². The lowest BCUT2D eigenvalue weighted by molar-refractivity contribution is -0.113. The van der Waals surface area contributed by atoms with Crippen LogP contribution in [-0.2, 0) is 11.2 Å². The van der Waals surface area contributed by atoms with Crippen molar-refractivity contribution < 1.29 is 19.1 Å². The molecule has 10 nitrogen and oxygen atoms in total. The fraction of sp³-hybridized carbons (Fsp3) is 0.240. The Kier molecular flexibility index (Phi) is 6.99. The SMILES string of the molecule is Cc1ccc(C(=O)NCCc2nnc3ccc(SCC(=O)Nc4ccc5c(c4)OCCO5)nn23)cc1. The van der Waals surface area contributed by atoms with E-state index in [4.69, 9.17) is 9.47 Å². The minimum Gasteiger partial charge on any atom is -0.486 e. The monoisotopic (exact) mass is 504 g/mol. The number of carbonyl (C=O) groups is 2. The molecule has 0 saturated carbocycles. The molecule has 2 N–H and O–H groups in total. The van der Waals surface area contributed by atoms with Gasteiger partial charge in [0.1, 0.15) is 18.2 Å². The number of carbonyl (C=O) groups excluding carboxylic acids is 2. The van der Waals surface area contributed by atoms with Crippen LogP contribution in [0.2, 0.25) is 0 Å². The Morgan fingerprint density at radius 2 is 1.81 bits per heavy atom. The smallest absolute Gasteiger partial charge is 0.251 e. The van der Waals surface area contributed by atoms with Gasteiger partial charge in [0.25, 0.3) is 5.91 Å². The number of aromatic nitrogens is 4. The Bertz CT molecular complexity index is 1410. The summed E-state index contributed by atoms with van der Waals surface area (Å²) >= 11 is 1.31. The van der Waals surface area contributed by atoms with Crippen molar-refractivity contribution in [2.75, 3.05) is 30.8 Å². The summed E-state index contributed by atoms with van der Waals surface area (Å²) in [7, 11) is 0. The molecule has 1 aliphatic heterocycles. The van der Waals surface area contributed by atoms with Gasteiger partial charge in [-0.1, -0.05) is 29.5 Å². The van der Waals surface area contributed by atoms with Crippen molar-refractivity contribution in [1.29, 1.82) is 0 Å². The molecular formula is C25H24N6O4S. The summed E-state index contributed by atoms with van der Waals surface area (Å²) < 4.78 is 12.7. The number of hydrogen-bond acceptors (Lipinski definition) is 8. The molecule has 11 heteroatoms. The Balaban J connectivity index is 1.15. The molecule has 0 saturated heterocycles. The molecule has 0 bridgehead atoms. The number of aryl methyl sites for hydroxylation is 1. The number of benzene rings is 2. The minimum absolute atomic E-state index is 0.142. The molecule has 1 aliphatic rings. The lowest BCUT2D eigenvalue weighted by Crippen LogP contribution is -2.26. The molecule has 2 aromatic carbocycles. The third-order valence-electron chi connectivity index (χ3n) is 5.43. The van der Waals surface area contributed by atoms with Crippen molar-refractivity contribution in [1.82, 2.24) is 25.1 Å². The molecule has 2 aromatic heterocycles. The molecule has 0 atom stereocenters. The predicted octanol–water partition coefficient (Wildman–Crippen LogP) is 2.91. The molecular weight excluding hydrogens is 480 g/mol. The second-order valence-electron chi connectivity index (χ2n) is 8.13. The van der Waals surface area contributed by atoms with Gasteiger partial charge in [0.15, 0.2) is 23.0 Å². The van der Waals surface area contributed by atoms with Crippen LogP contribution in [0.4, 0.5) is 5.69 Å². The average molecular weight is 505 g/mol. The third-order valence-corrected chi connectivity index (χ3v) is 6.35. The van der Waals surface area contributed by atoms with Crippen molar-refractivity contribution in [3.05, 3.63) is 71.5 Å². The van der Waals surface area contributed by atoms with Crippen LogP contribution >= 0.6 is 11.8 Å². The Morgan fingerprint density at radius 1 is 1.00 bits per heavy atom. The van der Waals surface area contributed by atoms with E-state index in [0.717, 1.165) is 5.56 Å². The van der Waals surface area contributed by atoms with Crippen molar-refractivity contribution in [2.24, 2.45) is 0 Å². The van der Waals surface area contributed by atoms with E-state index in [-0.39, 0.29) is 17.6 Å². The zero-order valence-corrected chi connectivity index (χ0v) is 20.4. The molecule has 0 spiro atoms. The van der Waals surface area contributed by atoms with E-state index in [0.29, 0.717) is 65.4 Å². The zero-order chi connectivity index (χ0) is 24.9. The summed E-state index contributed by atoms with van der Waals surface area (Å²) in [6.45, 7) is 3.37. The van der Waals surface area contributed by atoms with Gasteiger partial charge >= 0.3 is 0 Å². The van der Waals surface area contributed by atoms with E-state index in [1.165, 1.54) is 11.8 Å². The molecule has 184 valence electrons. The lowest BCUT2D eigenvalue weighted by atomic mass is 10.1. The zero-order valence-electron chi connectivity index (χ0n) is 19.6. The number of fused-ring (bicyclic) bond motifs is 2. The number of rotatable bonds is 8. The van der Waals surface area contributed by atoms with Crippen molar-refractivity contribution in [2.45, 2.75) is 18.4 Å². The second-order valence-corrected chi connectivity index (χ2v) is 9.12. The standard InChI is InChI=1S/C25H24N6O4S/c1-16-2-4-17(5-3-16)25(33)26-11-10-22-29-28-21-8-9-24(30-31(21)22)36-15-23(32)27-18-6-7-19-20(14-18)35-13-12-34-19/h2-9,14H,10-13,15H2,1H3,(H,26,33)(H,27,32). The predicted molar refractivity (Wildman–Crippen MR) is 135 cm³/mol. The highest BCUT2D eigenvalue weighted by Crippen LogP contribution is 2.32. The Labute approximate surface area is 211 Å². The maximum atomic E-state index is 12.5. The van der Waals surface area contributed by atoms with Crippen molar-refractivity contribution in [3.63, 3.8) is 0 Å². The van der Waals surface area contributed by atoms with Gasteiger partial charge in [-0.15, -0.1) is 10.2 Å². The van der Waals surface area contributed by atoms with Gasteiger partial charge in [0.2, 0.25) is 5.91 Å². The number of ether oxygens (including phenoxy) is 2. The van der Waals surface area contributed by atoms with Crippen LogP contribution in [0.25, 0.3) is 5.65 Å². The maximum absolute atomic E-state index is 12.5. The molecule has 0 radical (unpaired) electrons. The first-order chi connectivity index (χ1) is 17.5. The summed E-state index contributed by atoms with van der Waals surface area (Å²) in [4.78, 5) is 24.8. The highest BCUT2D eigenvalue weighted by atomic mass is 32.2. The van der Waals surface area contributed by atoms with E-state index in [1.807, 2.05) is 19.1 Å². The Hall–Kier alpha value is -4.12. The molecule has 0 unspecified atom stereocenters. The topological polar surface area (TPSA) is 120 Å².